The summed E-state index contributed by atoms with van der Waals surface area (Å²) in [6.45, 7) is 3.10. The molecule has 1 atom stereocenters. The van der Waals surface area contributed by atoms with Crippen LogP contribution in [0.5, 0.6) is 0 Å². The van der Waals surface area contributed by atoms with Gasteiger partial charge in [-0.3, -0.25) is 14.5 Å². The first-order valence-corrected chi connectivity index (χ1v) is 12.9. The summed E-state index contributed by atoms with van der Waals surface area (Å²) in [5.41, 5.74) is 5.92. The van der Waals surface area contributed by atoms with Crippen LogP contribution in [0.1, 0.15) is 41.7 Å². The van der Waals surface area contributed by atoms with Crippen LogP contribution in [-0.4, -0.2) is 91.4 Å². The van der Waals surface area contributed by atoms with E-state index in [1.807, 2.05) is 21.4 Å². The van der Waals surface area contributed by atoms with E-state index in [9.17, 15) is 22.8 Å². The Kier molecular flexibility index (Phi) is 7.38. The van der Waals surface area contributed by atoms with Crippen molar-refractivity contribution in [2.24, 2.45) is 5.73 Å². The Morgan fingerprint density at radius 3 is 2.44 bits per heavy atom. The number of rotatable bonds is 7. The van der Waals surface area contributed by atoms with Crippen LogP contribution < -0.4 is 10.6 Å². The third-order valence-electron chi connectivity index (χ3n) is 7.60. The maximum absolute atomic E-state index is 13.5. The molecular weight excluding hydrogens is 515 g/mol. The van der Waals surface area contributed by atoms with Crippen molar-refractivity contribution < 1.29 is 22.8 Å². The van der Waals surface area contributed by atoms with Crippen LogP contribution in [0.4, 0.5) is 19.1 Å². The van der Waals surface area contributed by atoms with Crippen molar-refractivity contribution in [2.75, 3.05) is 38.1 Å². The molecule has 0 aliphatic carbocycles. The smallest absolute Gasteiger partial charge is 0.364 e. The Balaban J connectivity index is 1.16. The molecule has 39 heavy (non-hydrogen) atoms. The van der Waals surface area contributed by atoms with Gasteiger partial charge >= 0.3 is 6.18 Å². The normalized spacial score (nSPS) is 19.1. The Labute approximate surface area is 222 Å². The molecule has 11 nitrogen and oxygen atoms in total. The molecule has 2 N–H and O–H groups in total. The minimum absolute atomic E-state index is 0.0275. The number of hydrogen-bond acceptors (Lipinski definition) is 8. The third-order valence-corrected chi connectivity index (χ3v) is 7.60. The maximum atomic E-state index is 13.5. The van der Waals surface area contributed by atoms with Gasteiger partial charge < -0.3 is 20.1 Å². The first kappa shape index (κ1) is 26.8. The van der Waals surface area contributed by atoms with Gasteiger partial charge in [0.1, 0.15) is 11.2 Å². The molecule has 0 bridgehead atoms. The van der Waals surface area contributed by atoms with Crippen LogP contribution in [0.15, 0.2) is 30.9 Å². The van der Waals surface area contributed by atoms with E-state index in [0.29, 0.717) is 50.2 Å². The van der Waals surface area contributed by atoms with Crippen molar-refractivity contribution in [3.05, 3.63) is 42.1 Å². The highest BCUT2D eigenvalue weighted by atomic mass is 19.4. The van der Waals surface area contributed by atoms with Gasteiger partial charge in [-0.15, -0.1) is 0 Å². The van der Waals surface area contributed by atoms with Crippen molar-refractivity contribution in [1.29, 1.82) is 0 Å². The summed E-state index contributed by atoms with van der Waals surface area (Å²) in [6.07, 6.45) is 1.85. The number of likely N-dealkylation sites (N-methyl/N-ethyl adjacent to an activating group) is 1. The van der Waals surface area contributed by atoms with Crippen LogP contribution in [0.2, 0.25) is 0 Å². The number of anilines is 1. The van der Waals surface area contributed by atoms with E-state index < -0.39 is 17.6 Å². The average Bonchev–Trinajstić information content (AvgIpc) is 3.57. The van der Waals surface area contributed by atoms with Gasteiger partial charge in [-0.2, -0.15) is 13.2 Å². The number of hydrogen-bond donors (Lipinski definition) is 1. The average molecular weight is 546 g/mol. The van der Waals surface area contributed by atoms with Gasteiger partial charge in [-0.1, -0.05) is 0 Å². The molecule has 1 unspecified atom stereocenters. The number of nitrogens with zero attached hydrogens (tertiary/aromatic N) is 8. The molecule has 0 saturated carbocycles. The zero-order valence-electron chi connectivity index (χ0n) is 21.5. The highest BCUT2D eigenvalue weighted by Crippen LogP contribution is 2.29. The zero-order chi connectivity index (χ0) is 27.7. The van der Waals surface area contributed by atoms with E-state index in [0.717, 1.165) is 31.8 Å². The van der Waals surface area contributed by atoms with E-state index in [4.69, 9.17) is 5.73 Å². The first-order valence-electron chi connectivity index (χ1n) is 12.9. The van der Waals surface area contributed by atoms with Gasteiger partial charge in [0.15, 0.2) is 5.65 Å². The molecule has 0 spiro atoms. The quantitative estimate of drug-likeness (QED) is 0.477. The highest BCUT2D eigenvalue weighted by molar-refractivity contribution is 5.92. The largest absolute Gasteiger partial charge is 0.419 e. The Bertz CT molecular complexity index is 1340. The van der Waals surface area contributed by atoms with Gasteiger partial charge in [0.05, 0.1) is 17.9 Å². The fourth-order valence-corrected chi connectivity index (χ4v) is 5.35. The maximum Gasteiger partial charge on any atom is 0.419 e. The molecule has 2 aliphatic rings. The van der Waals surface area contributed by atoms with Crippen molar-refractivity contribution in [1.82, 2.24) is 34.3 Å². The van der Waals surface area contributed by atoms with Crippen molar-refractivity contribution in [3.63, 3.8) is 0 Å². The van der Waals surface area contributed by atoms with Crippen LogP contribution in [-0.2, 0) is 17.5 Å². The van der Waals surface area contributed by atoms with Crippen molar-refractivity contribution in [2.45, 2.75) is 50.5 Å². The zero-order valence-corrected chi connectivity index (χ0v) is 21.5. The number of amides is 2. The minimum atomic E-state index is -4.47. The van der Waals surface area contributed by atoms with Gasteiger partial charge in [0.25, 0.3) is 5.91 Å². The van der Waals surface area contributed by atoms with Gasteiger partial charge in [-0.25, -0.2) is 19.9 Å². The second-order valence-corrected chi connectivity index (χ2v) is 9.97. The second-order valence-electron chi connectivity index (χ2n) is 9.97. The number of imidazole rings is 1. The van der Waals surface area contributed by atoms with Crippen molar-refractivity contribution >= 4 is 28.9 Å². The lowest BCUT2D eigenvalue weighted by molar-refractivity contribution is -0.138. The summed E-state index contributed by atoms with van der Waals surface area (Å²) < 4.78 is 40.3. The highest BCUT2D eigenvalue weighted by Gasteiger charge is 2.36. The molecular formula is C25H30F3N9O2. The second kappa shape index (κ2) is 10.8. The number of pyridine rings is 1. The molecule has 3 aromatic rings. The molecule has 5 heterocycles. The summed E-state index contributed by atoms with van der Waals surface area (Å²) in [4.78, 5) is 47.3. The predicted molar refractivity (Wildman–Crippen MR) is 136 cm³/mol. The standard InChI is InChI=1S/C25H30F3N9O2/c1-34(17-6-9-36(10-7-17)24-30-13-16(14-31-24)25(26,27)28)23(39)20-3-2-8-35(20)11-12-37-15-32-19-5-4-18(21(29)38)33-22(19)37/h4-5,13-15,17,20H,2-3,6-12H2,1H3,(H2,29,38). The van der Waals surface area contributed by atoms with E-state index in [1.54, 1.807) is 18.5 Å². The first-order chi connectivity index (χ1) is 18.6. The number of carbonyl (C=O) groups is 2. The van der Waals surface area contributed by atoms with E-state index in [1.165, 1.54) is 0 Å². The lowest BCUT2D eigenvalue weighted by Crippen LogP contribution is -2.51. The van der Waals surface area contributed by atoms with E-state index in [2.05, 4.69) is 24.8 Å². The minimum Gasteiger partial charge on any atom is -0.364 e. The van der Waals surface area contributed by atoms with E-state index in [-0.39, 0.29) is 29.6 Å². The number of carbonyl (C=O) groups excluding carboxylic acids is 2. The predicted octanol–water partition coefficient (Wildman–Crippen LogP) is 1.93. The molecule has 0 aromatic carbocycles. The number of aromatic nitrogens is 5. The lowest BCUT2D eigenvalue weighted by Gasteiger charge is -2.38. The Morgan fingerprint density at radius 1 is 1.05 bits per heavy atom. The third kappa shape index (κ3) is 5.65. The van der Waals surface area contributed by atoms with Crippen LogP contribution in [0.3, 0.4) is 0 Å². The van der Waals surface area contributed by atoms with Crippen molar-refractivity contribution in [3.8, 4) is 0 Å². The molecule has 0 radical (unpaired) electrons. The molecule has 3 aromatic heterocycles. The Morgan fingerprint density at radius 2 is 1.77 bits per heavy atom. The number of fused-ring (bicyclic) bond motifs is 1. The summed E-state index contributed by atoms with van der Waals surface area (Å²) >= 11 is 0. The van der Waals surface area contributed by atoms with Crippen LogP contribution in [0, 0.1) is 0 Å². The number of primary amides is 1. The molecule has 2 amide bonds. The molecule has 14 heteroatoms. The van der Waals surface area contributed by atoms with E-state index >= 15 is 0 Å². The topological polar surface area (TPSA) is 126 Å². The molecule has 2 fully saturated rings. The van der Waals surface area contributed by atoms with Gasteiger partial charge in [-0.05, 0) is 44.4 Å². The molecule has 2 saturated heterocycles. The summed E-state index contributed by atoms with van der Waals surface area (Å²) in [7, 11) is 1.83. The summed E-state index contributed by atoms with van der Waals surface area (Å²) in [6, 6.07) is 3.06. The number of nitrogens with two attached hydrogens (primary N) is 1. The molecule has 208 valence electrons. The van der Waals surface area contributed by atoms with Crippen LogP contribution in [0.25, 0.3) is 11.2 Å². The number of alkyl halides is 3. The number of likely N-dealkylation sites (tertiary alicyclic amines) is 1. The molecule has 5 rings (SSSR count). The number of piperidine rings is 1. The summed E-state index contributed by atoms with van der Waals surface area (Å²) in [5, 5.41) is 0. The fraction of sp³-hybridized carbons (Fsp3) is 0.520. The summed E-state index contributed by atoms with van der Waals surface area (Å²) in [5.74, 6) is -0.265. The monoisotopic (exact) mass is 545 g/mol. The lowest BCUT2D eigenvalue weighted by atomic mass is 10.0. The van der Waals surface area contributed by atoms with Crippen LogP contribution >= 0.6 is 0 Å². The Hall–Kier alpha value is -3.81. The van der Waals surface area contributed by atoms with Gasteiger partial charge in [0.2, 0.25) is 11.9 Å². The fourth-order valence-electron chi connectivity index (χ4n) is 5.35. The van der Waals surface area contributed by atoms with Gasteiger partial charge in [0, 0.05) is 51.7 Å². The SMILES string of the molecule is CN(C(=O)C1CCCN1CCn1cnc2ccc(C(N)=O)nc21)C1CCN(c2ncc(C(F)(F)F)cn2)CC1. The molecule has 2 aliphatic heterocycles. The number of halogens is 3.